The maximum Gasteiger partial charge on any atom is 0.128 e. The van der Waals surface area contributed by atoms with Crippen LogP contribution in [0.4, 0.5) is 17.3 Å². The number of hydrogen-bond donors (Lipinski definition) is 1. The lowest BCUT2D eigenvalue weighted by Crippen LogP contribution is -2.47. The van der Waals surface area contributed by atoms with Gasteiger partial charge in [0.2, 0.25) is 0 Å². The summed E-state index contributed by atoms with van der Waals surface area (Å²) < 4.78 is 0. The van der Waals surface area contributed by atoms with Crippen LogP contribution in [0.5, 0.6) is 0 Å². The fourth-order valence-corrected chi connectivity index (χ4v) is 2.39. The number of hydrogen-bond acceptors (Lipinski definition) is 6. The highest BCUT2D eigenvalue weighted by atomic mass is 15.3. The molecular weight excluding hydrogens is 264 g/mol. The molecule has 3 heterocycles. The van der Waals surface area contributed by atoms with E-state index in [2.05, 4.69) is 25.8 Å². The lowest BCUT2D eigenvalue weighted by Gasteiger charge is -2.36. The van der Waals surface area contributed by atoms with E-state index in [4.69, 9.17) is 11.0 Å². The van der Waals surface area contributed by atoms with Crippen molar-refractivity contribution < 1.29 is 0 Å². The molecule has 0 radical (unpaired) electrons. The number of rotatable bonds is 2. The Kier molecular flexibility index (Phi) is 3.56. The van der Waals surface area contributed by atoms with Gasteiger partial charge in [0.05, 0.1) is 17.4 Å². The van der Waals surface area contributed by atoms with Crippen LogP contribution in [0.1, 0.15) is 5.56 Å². The van der Waals surface area contributed by atoms with E-state index >= 15 is 0 Å². The zero-order chi connectivity index (χ0) is 14.7. The molecule has 0 spiro atoms. The van der Waals surface area contributed by atoms with Crippen LogP contribution in [-0.2, 0) is 0 Å². The minimum absolute atomic E-state index is 0.587. The summed E-state index contributed by atoms with van der Waals surface area (Å²) in [6, 6.07) is 9.60. The molecule has 0 saturated carbocycles. The van der Waals surface area contributed by atoms with Crippen molar-refractivity contribution >= 4 is 17.3 Å². The molecule has 0 amide bonds. The third kappa shape index (κ3) is 2.87. The molecule has 0 atom stereocenters. The Morgan fingerprint density at radius 3 is 1.90 bits per heavy atom. The second kappa shape index (κ2) is 5.67. The van der Waals surface area contributed by atoms with E-state index in [-0.39, 0.29) is 0 Å². The minimum Gasteiger partial charge on any atom is -0.397 e. The molecule has 0 aromatic carbocycles. The number of aromatic nitrogens is 2. The van der Waals surface area contributed by atoms with E-state index in [0.717, 1.165) is 37.8 Å². The smallest absolute Gasteiger partial charge is 0.128 e. The summed E-state index contributed by atoms with van der Waals surface area (Å²) >= 11 is 0. The SMILES string of the molecule is N#Cc1ccc(N2CCN(c3ccc(N)cn3)CC2)nc1. The van der Waals surface area contributed by atoms with Crippen molar-refractivity contribution in [2.24, 2.45) is 0 Å². The monoisotopic (exact) mass is 280 g/mol. The fraction of sp³-hybridized carbons (Fsp3) is 0.267. The zero-order valence-corrected chi connectivity index (χ0v) is 11.6. The highest BCUT2D eigenvalue weighted by molar-refractivity contribution is 5.48. The lowest BCUT2D eigenvalue weighted by atomic mass is 10.2. The summed E-state index contributed by atoms with van der Waals surface area (Å²) in [5, 5.41) is 8.79. The molecule has 1 fully saturated rings. The molecule has 1 saturated heterocycles. The van der Waals surface area contributed by atoms with Gasteiger partial charge in [-0.25, -0.2) is 9.97 Å². The first kappa shape index (κ1) is 13.2. The minimum atomic E-state index is 0.587. The van der Waals surface area contributed by atoms with E-state index in [1.54, 1.807) is 18.5 Å². The first-order valence-electron chi connectivity index (χ1n) is 6.84. The first-order valence-corrected chi connectivity index (χ1v) is 6.84. The van der Waals surface area contributed by atoms with Gasteiger partial charge < -0.3 is 15.5 Å². The highest BCUT2D eigenvalue weighted by Crippen LogP contribution is 2.18. The van der Waals surface area contributed by atoms with Crippen LogP contribution >= 0.6 is 0 Å². The van der Waals surface area contributed by atoms with Crippen molar-refractivity contribution in [2.45, 2.75) is 0 Å². The van der Waals surface area contributed by atoms with Gasteiger partial charge >= 0.3 is 0 Å². The van der Waals surface area contributed by atoms with E-state index < -0.39 is 0 Å². The average Bonchev–Trinajstić information content (AvgIpc) is 2.56. The number of piperazine rings is 1. The Morgan fingerprint density at radius 2 is 1.48 bits per heavy atom. The van der Waals surface area contributed by atoms with Crippen molar-refractivity contribution in [3.8, 4) is 6.07 Å². The van der Waals surface area contributed by atoms with Gasteiger partial charge in [0.25, 0.3) is 0 Å². The lowest BCUT2D eigenvalue weighted by molar-refractivity contribution is 0.642. The molecule has 0 bridgehead atoms. The molecule has 2 N–H and O–H groups in total. The molecule has 2 aromatic heterocycles. The molecule has 1 aliphatic rings. The van der Waals surface area contributed by atoms with Gasteiger partial charge in [0.1, 0.15) is 17.7 Å². The molecule has 3 rings (SSSR count). The van der Waals surface area contributed by atoms with Gasteiger partial charge in [0, 0.05) is 32.4 Å². The number of nitriles is 1. The van der Waals surface area contributed by atoms with Crippen LogP contribution in [0, 0.1) is 11.3 Å². The largest absolute Gasteiger partial charge is 0.397 e. The highest BCUT2D eigenvalue weighted by Gasteiger charge is 2.18. The van der Waals surface area contributed by atoms with Crippen LogP contribution in [0.3, 0.4) is 0 Å². The van der Waals surface area contributed by atoms with Crippen LogP contribution in [-0.4, -0.2) is 36.1 Å². The number of nitrogen functional groups attached to an aromatic ring is 1. The molecule has 0 unspecified atom stereocenters. The summed E-state index contributed by atoms with van der Waals surface area (Å²) in [5.41, 5.74) is 6.92. The first-order chi connectivity index (χ1) is 10.3. The van der Waals surface area contributed by atoms with E-state index in [1.165, 1.54) is 0 Å². The molecule has 0 aliphatic carbocycles. The van der Waals surface area contributed by atoms with Crippen LogP contribution < -0.4 is 15.5 Å². The third-order valence-electron chi connectivity index (χ3n) is 3.58. The molecule has 106 valence electrons. The molecule has 21 heavy (non-hydrogen) atoms. The van der Waals surface area contributed by atoms with E-state index in [9.17, 15) is 0 Å². The summed E-state index contributed by atoms with van der Waals surface area (Å²) in [6.45, 7) is 3.53. The molecule has 6 nitrogen and oxygen atoms in total. The standard InChI is InChI=1S/C15H16N6/c16-9-12-1-3-14(18-10-12)20-5-7-21(8-6-20)15-4-2-13(17)11-19-15/h1-4,10-11H,5-8,17H2. The predicted molar refractivity (Wildman–Crippen MR) is 82.0 cm³/mol. The zero-order valence-electron chi connectivity index (χ0n) is 11.6. The van der Waals surface area contributed by atoms with E-state index in [1.807, 2.05) is 18.2 Å². The van der Waals surface area contributed by atoms with Crippen molar-refractivity contribution in [3.63, 3.8) is 0 Å². The van der Waals surface area contributed by atoms with Gasteiger partial charge in [-0.2, -0.15) is 5.26 Å². The van der Waals surface area contributed by atoms with Crippen LogP contribution in [0.25, 0.3) is 0 Å². The fourth-order valence-electron chi connectivity index (χ4n) is 2.39. The normalized spacial score (nSPS) is 14.8. The Bertz CT molecular complexity index is 635. The Hall–Kier alpha value is -2.81. The number of pyridine rings is 2. The van der Waals surface area contributed by atoms with Gasteiger partial charge in [-0.1, -0.05) is 0 Å². The summed E-state index contributed by atoms with van der Waals surface area (Å²) in [7, 11) is 0. The second-order valence-corrected chi connectivity index (χ2v) is 4.94. The topological polar surface area (TPSA) is 82.1 Å². The number of nitrogens with two attached hydrogens (primary N) is 1. The summed E-state index contributed by atoms with van der Waals surface area (Å²) in [6.07, 6.45) is 3.30. The van der Waals surface area contributed by atoms with Gasteiger partial charge in [-0.15, -0.1) is 0 Å². The van der Waals surface area contributed by atoms with Crippen molar-refractivity contribution in [1.82, 2.24) is 9.97 Å². The van der Waals surface area contributed by atoms with Crippen molar-refractivity contribution in [3.05, 3.63) is 42.2 Å². The maximum absolute atomic E-state index is 8.79. The predicted octanol–water partition coefficient (Wildman–Crippen LogP) is 1.26. The Morgan fingerprint density at radius 1 is 0.905 bits per heavy atom. The third-order valence-corrected chi connectivity index (χ3v) is 3.58. The molecular formula is C15H16N6. The van der Waals surface area contributed by atoms with Gasteiger partial charge in [0.15, 0.2) is 0 Å². The summed E-state index contributed by atoms with van der Waals surface area (Å²) in [5.74, 6) is 1.87. The molecule has 6 heteroatoms. The Labute approximate surface area is 123 Å². The quantitative estimate of drug-likeness (QED) is 0.891. The number of nitrogens with zero attached hydrogens (tertiary/aromatic N) is 5. The van der Waals surface area contributed by atoms with E-state index in [0.29, 0.717) is 11.3 Å². The van der Waals surface area contributed by atoms with Gasteiger partial charge in [-0.05, 0) is 24.3 Å². The maximum atomic E-state index is 8.79. The second-order valence-electron chi connectivity index (χ2n) is 4.94. The van der Waals surface area contributed by atoms with Crippen molar-refractivity contribution in [1.29, 1.82) is 5.26 Å². The Balaban J connectivity index is 1.64. The van der Waals surface area contributed by atoms with Crippen LogP contribution in [0.2, 0.25) is 0 Å². The molecule has 2 aromatic rings. The van der Waals surface area contributed by atoms with Gasteiger partial charge in [-0.3, -0.25) is 0 Å². The molecule has 1 aliphatic heterocycles. The summed E-state index contributed by atoms with van der Waals surface area (Å²) in [4.78, 5) is 13.1. The average molecular weight is 280 g/mol. The van der Waals surface area contributed by atoms with Crippen molar-refractivity contribution in [2.75, 3.05) is 41.7 Å². The number of anilines is 3. The van der Waals surface area contributed by atoms with Crippen LogP contribution in [0.15, 0.2) is 36.7 Å².